The molecule has 0 saturated carbocycles. The summed E-state index contributed by atoms with van der Waals surface area (Å²) in [6.07, 6.45) is 1.41. The van der Waals surface area contributed by atoms with Crippen molar-refractivity contribution >= 4 is 10.0 Å². The van der Waals surface area contributed by atoms with Gasteiger partial charge in [0.05, 0.1) is 5.75 Å². The number of hydrogen-bond donors (Lipinski definition) is 1. The molecule has 1 saturated heterocycles. The van der Waals surface area contributed by atoms with Crippen molar-refractivity contribution in [3.05, 3.63) is 12.7 Å². The van der Waals surface area contributed by atoms with Crippen LogP contribution < -0.4 is 5.73 Å². The Balaban J connectivity index is 2.70. The number of nitrogens with zero attached hydrogens (tertiary/aromatic N) is 1. The lowest BCUT2D eigenvalue weighted by Gasteiger charge is -2.13. The summed E-state index contributed by atoms with van der Waals surface area (Å²) in [5.74, 6) is 0.256. The zero-order valence-corrected chi connectivity index (χ0v) is 8.63. The third-order valence-electron chi connectivity index (χ3n) is 2.36. The highest BCUT2D eigenvalue weighted by Gasteiger charge is 2.33. The SMILES string of the molecule is C=CCS(=O)(=O)N1CC(C)C(N)C1. The van der Waals surface area contributed by atoms with E-state index < -0.39 is 10.0 Å². The van der Waals surface area contributed by atoms with Gasteiger partial charge < -0.3 is 5.73 Å². The molecule has 0 aromatic carbocycles. The van der Waals surface area contributed by atoms with Gasteiger partial charge >= 0.3 is 0 Å². The van der Waals surface area contributed by atoms with Gasteiger partial charge in [-0.25, -0.2) is 8.42 Å². The Morgan fingerprint density at radius 3 is 2.62 bits per heavy atom. The fourth-order valence-corrected chi connectivity index (χ4v) is 2.80. The molecule has 13 heavy (non-hydrogen) atoms. The first kappa shape index (κ1) is 10.7. The second kappa shape index (κ2) is 3.77. The molecular formula is C8H16N2O2S. The summed E-state index contributed by atoms with van der Waals surface area (Å²) in [5.41, 5.74) is 5.73. The predicted molar refractivity (Wildman–Crippen MR) is 52.7 cm³/mol. The van der Waals surface area contributed by atoms with Crippen molar-refractivity contribution in [2.24, 2.45) is 11.7 Å². The molecule has 1 aliphatic heterocycles. The van der Waals surface area contributed by atoms with E-state index in [-0.39, 0.29) is 17.7 Å². The maximum atomic E-state index is 11.5. The average molecular weight is 204 g/mol. The van der Waals surface area contributed by atoms with Crippen molar-refractivity contribution < 1.29 is 8.42 Å². The number of sulfonamides is 1. The van der Waals surface area contributed by atoms with E-state index in [9.17, 15) is 8.42 Å². The van der Waals surface area contributed by atoms with Crippen LogP contribution >= 0.6 is 0 Å². The lowest BCUT2D eigenvalue weighted by molar-refractivity contribution is 0.467. The van der Waals surface area contributed by atoms with Gasteiger partial charge in [-0.2, -0.15) is 4.31 Å². The Bertz CT molecular complexity index is 277. The molecule has 0 aromatic rings. The standard InChI is InChI=1S/C8H16N2O2S/c1-3-4-13(11,12)10-5-7(2)8(9)6-10/h3,7-8H,1,4-6,9H2,2H3. The molecule has 0 bridgehead atoms. The Morgan fingerprint density at radius 2 is 2.23 bits per heavy atom. The summed E-state index contributed by atoms with van der Waals surface area (Å²) in [4.78, 5) is 0. The van der Waals surface area contributed by atoms with E-state index in [1.54, 1.807) is 0 Å². The van der Waals surface area contributed by atoms with Crippen LogP contribution in [-0.2, 0) is 10.0 Å². The van der Waals surface area contributed by atoms with Crippen LogP contribution in [0.25, 0.3) is 0 Å². The van der Waals surface area contributed by atoms with Crippen LogP contribution in [0.3, 0.4) is 0 Å². The van der Waals surface area contributed by atoms with E-state index in [0.29, 0.717) is 13.1 Å². The normalized spacial score (nSPS) is 30.6. The largest absolute Gasteiger partial charge is 0.326 e. The van der Waals surface area contributed by atoms with Crippen LogP contribution in [0, 0.1) is 5.92 Å². The third kappa shape index (κ3) is 2.30. The fraction of sp³-hybridized carbons (Fsp3) is 0.750. The minimum atomic E-state index is -3.14. The van der Waals surface area contributed by atoms with E-state index in [0.717, 1.165) is 0 Å². The van der Waals surface area contributed by atoms with E-state index in [4.69, 9.17) is 5.73 Å². The highest BCUT2D eigenvalue weighted by atomic mass is 32.2. The molecule has 0 amide bonds. The Labute approximate surface area is 79.5 Å². The fourth-order valence-electron chi connectivity index (χ4n) is 1.43. The lowest BCUT2D eigenvalue weighted by atomic mass is 10.1. The Morgan fingerprint density at radius 1 is 1.62 bits per heavy atom. The predicted octanol–water partition coefficient (Wildman–Crippen LogP) is -0.219. The first-order valence-electron chi connectivity index (χ1n) is 4.31. The molecule has 0 radical (unpaired) electrons. The highest BCUT2D eigenvalue weighted by Crippen LogP contribution is 2.18. The second-order valence-corrected chi connectivity index (χ2v) is 5.54. The Kier molecular flexibility index (Phi) is 3.10. The molecule has 2 unspecified atom stereocenters. The number of rotatable bonds is 3. The van der Waals surface area contributed by atoms with Gasteiger partial charge in [0.25, 0.3) is 0 Å². The zero-order chi connectivity index (χ0) is 10.1. The Hall–Kier alpha value is -0.390. The van der Waals surface area contributed by atoms with Crippen molar-refractivity contribution in [3.8, 4) is 0 Å². The molecule has 5 heteroatoms. The maximum Gasteiger partial charge on any atom is 0.217 e. The highest BCUT2D eigenvalue weighted by molar-refractivity contribution is 7.89. The molecule has 76 valence electrons. The van der Waals surface area contributed by atoms with Crippen molar-refractivity contribution in [3.63, 3.8) is 0 Å². The van der Waals surface area contributed by atoms with Crippen molar-refractivity contribution in [2.45, 2.75) is 13.0 Å². The second-order valence-electron chi connectivity index (χ2n) is 3.53. The molecule has 1 fully saturated rings. The summed E-state index contributed by atoms with van der Waals surface area (Å²) in [5, 5.41) is 0. The van der Waals surface area contributed by atoms with Gasteiger partial charge in [-0.3, -0.25) is 0 Å². The molecule has 1 aliphatic rings. The topological polar surface area (TPSA) is 63.4 Å². The van der Waals surface area contributed by atoms with E-state index in [2.05, 4.69) is 6.58 Å². The summed E-state index contributed by atoms with van der Waals surface area (Å²) >= 11 is 0. The molecule has 1 heterocycles. The first-order valence-corrected chi connectivity index (χ1v) is 5.92. The van der Waals surface area contributed by atoms with Gasteiger partial charge in [-0.1, -0.05) is 13.0 Å². The van der Waals surface area contributed by atoms with Crippen LogP contribution in [0.1, 0.15) is 6.92 Å². The number of hydrogen-bond acceptors (Lipinski definition) is 3. The van der Waals surface area contributed by atoms with Crippen molar-refractivity contribution in [1.82, 2.24) is 4.31 Å². The minimum Gasteiger partial charge on any atom is -0.326 e. The molecule has 1 rings (SSSR count). The molecule has 2 N–H and O–H groups in total. The maximum absolute atomic E-state index is 11.5. The average Bonchev–Trinajstić information content (AvgIpc) is 2.33. The van der Waals surface area contributed by atoms with Gasteiger partial charge in [0.15, 0.2) is 0 Å². The van der Waals surface area contributed by atoms with Gasteiger partial charge in [-0.05, 0) is 5.92 Å². The van der Waals surface area contributed by atoms with Crippen LogP contribution in [0.2, 0.25) is 0 Å². The molecule has 0 spiro atoms. The van der Waals surface area contributed by atoms with Crippen LogP contribution in [-0.4, -0.2) is 37.6 Å². The minimum absolute atomic E-state index is 0.00639. The monoisotopic (exact) mass is 204 g/mol. The summed E-state index contributed by atoms with van der Waals surface area (Å²) < 4.78 is 24.5. The van der Waals surface area contributed by atoms with Crippen LogP contribution in [0.4, 0.5) is 0 Å². The first-order chi connectivity index (χ1) is 5.97. The van der Waals surface area contributed by atoms with Gasteiger partial charge in [0.2, 0.25) is 10.0 Å². The summed E-state index contributed by atoms with van der Waals surface area (Å²) in [6.45, 7) is 6.37. The van der Waals surface area contributed by atoms with Crippen molar-refractivity contribution in [2.75, 3.05) is 18.8 Å². The zero-order valence-electron chi connectivity index (χ0n) is 7.81. The smallest absolute Gasteiger partial charge is 0.217 e. The molecule has 2 atom stereocenters. The van der Waals surface area contributed by atoms with Gasteiger partial charge in [0, 0.05) is 19.1 Å². The lowest BCUT2D eigenvalue weighted by Crippen LogP contribution is -2.33. The van der Waals surface area contributed by atoms with E-state index in [1.807, 2.05) is 6.92 Å². The summed E-state index contributed by atoms with van der Waals surface area (Å²) in [6, 6.07) is -0.0282. The molecular weight excluding hydrogens is 188 g/mol. The quantitative estimate of drug-likeness (QED) is 0.646. The molecule has 4 nitrogen and oxygen atoms in total. The summed E-state index contributed by atoms with van der Waals surface area (Å²) in [7, 11) is -3.14. The molecule has 0 aromatic heterocycles. The van der Waals surface area contributed by atoms with Crippen molar-refractivity contribution in [1.29, 1.82) is 0 Å². The van der Waals surface area contributed by atoms with E-state index in [1.165, 1.54) is 10.4 Å². The van der Waals surface area contributed by atoms with Gasteiger partial charge in [-0.15, -0.1) is 6.58 Å². The molecule has 0 aliphatic carbocycles. The van der Waals surface area contributed by atoms with Crippen LogP contribution in [0.15, 0.2) is 12.7 Å². The van der Waals surface area contributed by atoms with E-state index >= 15 is 0 Å². The number of nitrogens with two attached hydrogens (primary N) is 1. The van der Waals surface area contributed by atoms with Crippen LogP contribution in [0.5, 0.6) is 0 Å². The third-order valence-corrected chi connectivity index (χ3v) is 4.10. The van der Waals surface area contributed by atoms with Gasteiger partial charge in [0.1, 0.15) is 0 Å².